The van der Waals surface area contributed by atoms with E-state index in [1.807, 2.05) is 12.3 Å². The monoisotopic (exact) mass is 325 g/mol. The summed E-state index contributed by atoms with van der Waals surface area (Å²) in [6.07, 6.45) is 2.32. The SMILES string of the molecule is CCC(NS(=O)(=O)c1c(C)cc(N)cc1C)c1nccs1. The van der Waals surface area contributed by atoms with E-state index >= 15 is 0 Å². The Hall–Kier alpha value is -1.44. The molecule has 2 aromatic rings. The van der Waals surface area contributed by atoms with Gasteiger partial charge in [0.15, 0.2) is 0 Å². The molecule has 21 heavy (non-hydrogen) atoms. The number of nitrogens with one attached hydrogen (secondary N) is 1. The van der Waals surface area contributed by atoms with Gasteiger partial charge in [-0.1, -0.05) is 6.92 Å². The lowest BCUT2D eigenvalue weighted by molar-refractivity contribution is 0.548. The van der Waals surface area contributed by atoms with Crippen molar-refractivity contribution in [1.82, 2.24) is 9.71 Å². The Morgan fingerprint density at radius 3 is 2.43 bits per heavy atom. The number of nitrogens with zero attached hydrogens (tertiary/aromatic N) is 1. The highest BCUT2D eigenvalue weighted by molar-refractivity contribution is 7.89. The van der Waals surface area contributed by atoms with E-state index in [2.05, 4.69) is 9.71 Å². The van der Waals surface area contributed by atoms with Crippen LogP contribution < -0.4 is 10.5 Å². The van der Waals surface area contributed by atoms with Crippen molar-refractivity contribution in [2.75, 3.05) is 5.73 Å². The zero-order valence-electron chi connectivity index (χ0n) is 12.3. The van der Waals surface area contributed by atoms with Gasteiger partial charge in [-0.2, -0.15) is 0 Å². The fraction of sp³-hybridized carbons (Fsp3) is 0.357. The molecule has 0 radical (unpaired) electrons. The highest BCUT2D eigenvalue weighted by Crippen LogP contribution is 2.26. The van der Waals surface area contributed by atoms with Crippen LogP contribution in [0.3, 0.4) is 0 Å². The molecule has 0 bridgehead atoms. The van der Waals surface area contributed by atoms with Crippen LogP contribution in [0, 0.1) is 13.8 Å². The Labute approximate surface area is 129 Å². The first-order chi connectivity index (χ1) is 9.85. The Balaban J connectivity index is 2.39. The maximum absolute atomic E-state index is 12.7. The standard InChI is InChI=1S/C14H19N3O2S2/c1-4-12(14-16-5-6-20-14)17-21(18,19)13-9(2)7-11(15)8-10(13)3/h5-8,12,17H,4,15H2,1-3H3. The molecule has 2 rings (SSSR count). The molecule has 1 aromatic heterocycles. The van der Waals surface area contributed by atoms with Crippen molar-refractivity contribution in [2.24, 2.45) is 0 Å². The maximum Gasteiger partial charge on any atom is 0.241 e. The highest BCUT2D eigenvalue weighted by atomic mass is 32.2. The fourth-order valence-electron chi connectivity index (χ4n) is 2.37. The van der Waals surface area contributed by atoms with Crippen LogP contribution >= 0.6 is 11.3 Å². The van der Waals surface area contributed by atoms with Crippen LogP contribution in [0.25, 0.3) is 0 Å². The van der Waals surface area contributed by atoms with E-state index in [-0.39, 0.29) is 6.04 Å². The summed E-state index contributed by atoms with van der Waals surface area (Å²) in [4.78, 5) is 4.49. The summed E-state index contributed by atoms with van der Waals surface area (Å²) in [6, 6.07) is 3.03. The highest BCUT2D eigenvalue weighted by Gasteiger charge is 2.25. The smallest absolute Gasteiger partial charge is 0.241 e. The molecule has 114 valence electrons. The topological polar surface area (TPSA) is 85.1 Å². The number of benzene rings is 1. The van der Waals surface area contributed by atoms with Crippen LogP contribution in [0.2, 0.25) is 0 Å². The molecule has 0 amide bonds. The van der Waals surface area contributed by atoms with Crippen molar-refractivity contribution >= 4 is 27.0 Å². The number of aryl methyl sites for hydroxylation is 2. The summed E-state index contributed by atoms with van der Waals surface area (Å²) >= 11 is 1.44. The lowest BCUT2D eigenvalue weighted by Gasteiger charge is -2.17. The normalized spacial score (nSPS) is 13.3. The second-order valence-electron chi connectivity index (χ2n) is 4.94. The van der Waals surface area contributed by atoms with E-state index in [1.54, 1.807) is 32.2 Å². The van der Waals surface area contributed by atoms with Gasteiger partial charge in [-0.05, 0) is 43.5 Å². The number of aromatic nitrogens is 1. The Kier molecular flexibility index (Phi) is 4.65. The molecule has 0 fully saturated rings. The van der Waals surface area contributed by atoms with Gasteiger partial charge in [0.05, 0.1) is 10.9 Å². The first-order valence-electron chi connectivity index (χ1n) is 6.63. The lowest BCUT2D eigenvalue weighted by Crippen LogP contribution is -2.29. The van der Waals surface area contributed by atoms with Gasteiger partial charge < -0.3 is 5.73 Å². The number of nitrogen functional groups attached to an aromatic ring is 1. The molecule has 0 spiro atoms. The number of anilines is 1. The van der Waals surface area contributed by atoms with Gasteiger partial charge in [0.25, 0.3) is 0 Å². The first kappa shape index (κ1) is 15.9. The molecule has 5 nitrogen and oxygen atoms in total. The van der Waals surface area contributed by atoms with E-state index in [0.29, 0.717) is 28.1 Å². The van der Waals surface area contributed by atoms with E-state index < -0.39 is 10.0 Å². The molecule has 0 aliphatic carbocycles. The molecule has 7 heteroatoms. The Morgan fingerprint density at radius 1 is 1.33 bits per heavy atom. The number of hydrogen-bond donors (Lipinski definition) is 2. The largest absolute Gasteiger partial charge is 0.399 e. The molecule has 1 unspecified atom stereocenters. The molecule has 1 atom stereocenters. The average Bonchev–Trinajstić information content (AvgIpc) is 2.87. The number of sulfonamides is 1. The molecular formula is C14H19N3O2S2. The maximum atomic E-state index is 12.7. The molecular weight excluding hydrogens is 306 g/mol. The molecule has 3 N–H and O–H groups in total. The Morgan fingerprint density at radius 2 is 1.95 bits per heavy atom. The van der Waals surface area contributed by atoms with Crippen LogP contribution in [0.1, 0.15) is 35.5 Å². The van der Waals surface area contributed by atoms with Gasteiger partial charge in [0.1, 0.15) is 5.01 Å². The summed E-state index contributed by atoms with van der Waals surface area (Å²) in [5.74, 6) is 0. The summed E-state index contributed by atoms with van der Waals surface area (Å²) in [5.41, 5.74) is 7.61. The summed E-state index contributed by atoms with van der Waals surface area (Å²) in [7, 11) is -3.61. The van der Waals surface area contributed by atoms with Crippen LogP contribution in [-0.2, 0) is 10.0 Å². The predicted molar refractivity (Wildman–Crippen MR) is 85.8 cm³/mol. The summed E-state index contributed by atoms with van der Waals surface area (Å²) in [6.45, 7) is 5.43. The van der Waals surface area contributed by atoms with Crippen LogP contribution in [-0.4, -0.2) is 13.4 Å². The second kappa shape index (κ2) is 6.13. The zero-order valence-corrected chi connectivity index (χ0v) is 13.9. The quantitative estimate of drug-likeness (QED) is 0.828. The van der Waals surface area contributed by atoms with Crippen molar-refractivity contribution in [3.8, 4) is 0 Å². The average molecular weight is 325 g/mol. The van der Waals surface area contributed by atoms with Crippen molar-refractivity contribution in [3.05, 3.63) is 39.8 Å². The van der Waals surface area contributed by atoms with Crippen molar-refractivity contribution < 1.29 is 8.42 Å². The zero-order chi connectivity index (χ0) is 15.6. The van der Waals surface area contributed by atoms with Gasteiger partial charge in [-0.15, -0.1) is 11.3 Å². The molecule has 1 heterocycles. The van der Waals surface area contributed by atoms with Gasteiger partial charge in [-0.3, -0.25) is 0 Å². The fourth-order valence-corrected chi connectivity index (χ4v) is 4.95. The predicted octanol–water partition coefficient (Wildman–Crippen LogP) is 2.77. The summed E-state index contributed by atoms with van der Waals surface area (Å²) < 4.78 is 28.1. The lowest BCUT2D eigenvalue weighted by atomic mass is 10.1. The number of rotatable bonds is 5. The van der Waals surface area contributed by atoms with Crippen molar-refractivity contribution in [1.29, 1.82) is 0 Å². The molecule has 0 saturated carbocycles. The third-order valence-electron chi connectivity index (χ3n) is 3.21. The molecule has 0 aliphatic rings. The summed E-state index contributed by atoms with van der Waals surface area (Å²) in [5, 5.41) is 2.61. The molecule has 0 saturated heterocycles. The minimum Gasteiger partial charge on any atom is -0.399 e. The molecule has 1 aromatic carbocycles. The third-order valence-corrected chi connectivity index (χ3v) is 5.87. The van der Waals surface area contributed by atoms with Gasteiger partial charge in [0.2, 0.25) is 10.0 Å². The van der Waals surface area contributed by atoms with Gasteiger partial charge in [0, 0.05) is 17.3 Å². The minimum absolute atomic E-state index is 0.298. The first-order valence-corrected chi connectivity index (χ1v) is 9.00. The van der Waals surface area contributed by atoms with E-state index in [0.717, 1.165) is 5.01 Å². The number of nitrogens with two attached hydrogens (primary N) is 1. The van der Waals surface area contributed by atoms with Crippen LogP contribution in [0.4, 0.5) is 5.69 Å². The third kappa shape index (κ3) is 3.42. The second-order valence-corrected chi connectivity index (χ2v) is 7.51. The number of hydrogen-bond acceptors (Lipinski definition) is 5. The van der Waals surface area contributed by atoms with E-state index in [4.69, 9.17) is 5.73 Å². The van der Waals surface area contributed by atoms with Gasteiger partial charge >= 0.3 is 0 Å². The molecule has 0 aliphatic heterocycles. The van der Waals surface area contributed by atoms with Crippen LogP contribution in [0.5, 0.6) is 0 Å². The van der Waals surface area contributed by atoms with Crippen molar-refractivity contribution in [2.45, 2.75) is 38.1 Å². The Bertz CT molecular complexity index is 702. The minimum atomic E-state index is -3.61. The van der Waals surface area contributed by atoms with E-state index in [9.17, 15) is 8.42 Å². The van der Waals surface area contributed by atoms with Crippen LogP contribution in [0.15, 0.2) is 28.6 Å². The van der Waals surface area contributed by atoms with Crippen molar-refractivity contribution in [3.63, 3.8) is 0 Å². The van der Waals surface area contributed by atoms with E-state index in [1.165, 1.54) is 11.3 Å². The number of thiazole rings is 1. The van der Waals surface area contributed by atoms with Gasteiger partial charge in [-0.25, -0.2) is 18.1 Å².